The van der Waals surface area contributed by atoms with E-state index in [0.717, 1.165) is 0 Å². The second kappa shape index (κ2) is 12.2. The molecule has 9 heteroatoms. The van der Waals surface area contributed by atoms with Crippen LogP contribution in [0.15, 0.2) is 24.3 Å². The third-order valence-electron chi connectivity index (χ3n) is 5.30. The number of carboxylic acid groups (broad SMARTS) is 1. The Morgan fingerprint density at radius 3 is 2.33 bits per heavy atom. The highest BCUT2D eigenvalue weighted by Crippen LogP contribution is 2.20. The summed E-state index contributed by atoms with van der Waals surface area (Å²) in [4.78, 5) is 50.1. The van der Waals surface area contributed by atoms with E-state index in [-0.39, 0.29) is 48.8 Å². The van der Waals surface area contributed by atoms with Gasteiger partial charge in [0.25, 0.3) is 5.91 Å². The van der Waals surface area contributed by atoms with Crippen molar-refractivity contribution in [3.63, 3.8) is 0 Å². The van der Waals surface area contributed by atoms with Crippen molar-refractivity contribution < 1.29 is 29.0 Å². The van der Waals surface area contributed by atoms with Crippen molar-refractivity contribution in [2.24, 2.45) is 11.8 Å². The third-order valence-corrected chi connectivity index (χ3v) is 5.30. The SMILES string of the molecule is CC(C)C[C@H]1COc2ccccc2C(=O)N[C@H](C(=O)O)CCC(=O)N[C@H](CC(C)C)C(=O)N1. The first-order valence-corrected chi connectivity index (χ1v) is 11.4. The van der Waals surface area contributed by atoms with Crippen molar-refractivity contribution in [2.45, 2.75) is 71.5 Å². The summed E-state index contributed by atoms with van der Waals surface area (Å²) < 4.78 is 5.92. The molecule has 0 spiro atoms. The molecule has 1 heterocycles. The number of para-hydroxylation sites is 1. The van der Waals surface area contributed by atoms with Crippen LogP contribution in [0.3, 0.4) is 0 Å². The highest BCUT2D eigenvalue weighted by Gasteiger charge is 2.28. The molecule has 9 nitrogen and oxygen atoms in total. The van der Waals surface area contributed by atoms with E-state index >= 15 is 0 Å². The summed E-state index contributed by atoms with van der Waals surface area (Å²) in [5.41, 5.74) is 0.190. The van der Waals surface area contributed by atoms with Crippen LogP contribution >= 0.6 is 0 Å². The third kappa shape index (κ3) is 8.40. The number of ether oxygens (including phenoxy) is 1. The highest BCUT2D eigenvalue weighted by atomic mass is 16.5. The standard InChI is InChI=1S/C24H35N3O6/c1-14(2)11-16-13-33-20-8-6-5-7-17(20)22(29)27-18(24(31)32)9-10-21(28)26-19(12-15(3)4)23(30)25-16/h5-8,14-16,18-19H,9-13H2,1-4H3,(H,25,30)(H,26,28)(H,27,29)(H,31,32)/t16-,18-,19+/m0/s1. The van der Waals surface area contributed by atoms with Crippen LogP contribution in [0, 0.1) is 11.8 Å². The van der Waals surface area contributed by atoms with E-state index in [1.807, 2.05) is 27.7 Å². The lowest BCUT2D eigenvalue weighted by Gasteiger charge is -2.26. The van der Waals surface area contributed by atoms with E-state index < -0.39 is 29.9 Å². The number of carbonyl (C=O) groups excluding carboxylic acids is 3. The summed E-state index contributed by atoms with van der Waals surface area (Å²) in [7, 11) is 0. The Labute approximate surface area is 194 Å². The summed E-state index contributed by atoms with van der Waals surface area (Å²) in [5, 5.41) is 17.7. The summed E-state index contributed by atoms with van der Waals surface area (Å²) in [5.74, 6) is -1.87. The van der Waals surface area contributed by atoms with E-state index in [4.69, 9.17) is 4.74 Å². The summed E-state index contributed by atoms with van der Waals surface area (Å²) in [6.45, 7) is 8.09. The molecule has 2 rings (SSSR count). The quantitative estimate of drug-likeness (QED) is 0.531. The van der Waals surface area contributed by atoms with Crippen LogP contribution in [0.2, 0.25) is 0 Å². The number of nitrogens with one attached hydrogen (secondary N) is 3. The van der Waals surface area contributed by atoms with Crippen LogP contribution < -0.4 is 20.7 Å². The second-order valence-electron chi connectivity index (χ2n) is 9.29. The fraction of sp³-hybridized carbons (Fsp3) is 0.583. The van der Waals surface area contributed by atoms with E-state index in [2.05, 4.69) is 16.0 Å². The molecular formula is C24H35N3O6. The number of carboxylic acids is 1. The largest absolute Gasteiger partial charge is 0.491 e. The predicted octanol–water partition coefficient (Wildman–Crippen LogP) is 2.10. The molecule has 0 unspecified atom stereocenters. The van der Waals surface area contributed by atoms with Gasteiger partial charge in [-0.1, -0.05) is 39.8 Å². The Morgan fingerprint density at radius 1 is 1.03 bits per heavy atom. The molecule has 0 radical (unpaired) electrons. The maximum atomic E-state index is 13.1. The van der Waals surface area contributed by atoms with Gasteiger partial charge in [-0.3, -0.25) is 14.4 Å². The van der Waals surface area contributed by atoms with Gasteiger partial charge >= 0.3 is 5.97 Å². The predicted molar refractivity (Wildman–Crippen MR) is 123 cm³/mol. The maximum Gasteiger partial charge on any atom is 0.326 e. The smallest absolute Gasteiger partial charge is 0.326 e. The van der Waals surface area contributed by atoms with Crippen LogP contribution in [-0.4, -0.2) is 53.5 Å². The van der Waals surface area contributed by atoms with Crippen molar-refractivity contribution >= 4 is 23.7 Å². The first-order valence-electron chi connectivity index (χ1n) is 11.4. The normalized spacial score (nSPS) is 22.8. The zero-order valence-electron chi connectivity index (χ0n) is 19.7. The first kappa shape index (κ1) is 26.2. The van der Waals surface area contributed by atoms with Gasteiger partial charge < -0.3 is 25.8 Å². The lowest BCUT2D eigenvalue weighted by Crippen LogP contribution is -2.51. The lowest BCUT2D eigenvalue weighted by molar-refractivity contribution is -0.139. The molecule has 182 valence electrons. The van der Waals surface area contributed by atoms with Gasteiger partial charge in [-0.05, 0) is 43.2 Å². The van der Waals surface area contributed by atoms with Crippen LogP contribution in [-0.2, 0) is 14.4 Å². The molecule has 3 atom stereocenters. The Kier molecular flexibility index (Phi) is 9.69. The summed E-state index contributed by atoms with van der Waals surface area (Å²) in [6, 6.07) is 4.20. The lowest BCUT2D eigenvalue weighted by atomic mass is 10.0. The molecular weight excluding hydrogens is 426 g/mol. The van der Waals surface area contributed by atoms with E-state index in [1.54, 1.807) is 24.3 Å². The molecule has 33 heavy (non-hydrogen) atoms. The van der Waals surface area contributed by atoms with Crippen molar-refractivity contribution in [3.05, 3.63) is 29.8 Å². The fourth-order valence-electron chi connectivity index (χ4n) is 3.75. The molecule has 1 aliphatic rings. The van der Waals surface area contributed by atoms with Crippen molar-refractivity contribution in [2.75, 3.05) is 6.61 Å². The van der Waals surface area contributed by atoms with Gasteiger partial charge in [0.1, 0.15) is 24.4 Å². The Morgan fingerprint density at radius 2 is 1.70 bits per heavy atom. The monoisotopic (exact) mass is 461 g/mol. The number of aliphatic carboxylic acids is 1. The average molecular weight is 462 g/mol. The molecule has 0 fully saturated rings. The Hall–Kier alpha value is -3.10. The van der Waals surface area contributed by atoms with Gasteiger partial charge in [-0.15, -0.1) is 0 Å². The second-order valence-corrected chi connectivity index (χ2v) is 9.29. The summed E-state index contributed by atoms with van der Waals surface area (Å²) in [6.07, 6.45) is 0.826. The topological polar surface area (TPSA) is 134 Å². The Bertz CT molecular complexity index is 854. The average Bonchev–Trinajstić information content (AvgIpc) is 2.73. The zero-order chi connectivity index (χ0) is 24.5. The number of benzene rings is 1. The zero-order valence-corrected chi connectivity index (χ0v) is 19.7. The maximum absolute atomic E-state index is 13.1. The molecule has 0 bridgehead atoms. The van der Waals surface area contributed by atoms with Gasteiger partial charge in [-0.2, -0.15) is 0 Å². The van der Waals surface area contributed by atoms with Crippen LogP contribution in [0.5, 0.6) is 5.75 Å². The van der Waals surface area contributed by atoms with Gasteiger partial charge in [0.2, 0.25) is 11.8 Å². The minimum atomic E-state index is -1.26. The molecule has 0 aliphatic carbocycles. The molecule has 1 aliphatic heterocycles. The molecule has 4 N–H and O–H groups in total. The van der Waals surface area contributed by atoms with Crippen molar-refractivity contribution in [3.8, 4) is 5.75 Å². The molecule has 1 aromatic carbocycles. The molecule has 1 aromatic rings. The number of fused-ring (bicyclic) bond motifs is 1. The molecule has 3 amide bonds. The number of amides is 3. The fourth-order valence-corrected chi connectivity index (χ4v) is 3.75. The van der Waals surface area contributed by atoms with E-state index in [0.29, 0.717) is 18.6 Å². The van der Waals surface area contributed by atoms with Gasteiger partial charge in [0, 0.05) is 6.42 Å². The van der Waals surface area contributed by atoms with E-state index in [1.165, 1.54) is 0 Å². The minimum absolute atomic E-state index is 0.109. The van der Waals surface area contributed by atoms with Gasteiger partial charge in [0.05, 0.1) is 11.6 Å². The van der Waals surface area contributed by atoms with Gasteiger partial charge in [-0.25, -0.2) is 4.79 Å². The van der Waals surface area contributed by atoms with Gasteiger partial charge in [0.15, 0.2) is 0 Å². The molecule has 0 saturated heterocycles. The number of rotatable bonds is 5. The highest BCUT2D eigenvalue weighted by molar-refractivity contribution is 5.99. The minimum Gasteiger partial charge on any atom is -0.491 e. The van der Waals surface area contributed by atoms with Crippen LogP contribution in [0.4, 0.5) is 0 Å². The summed E-state index contributed by atoms with van der Waals surface area (Å²) >= 11 is 0. The number of hydrogen-bond acceptors (Lipinski definition) is 5. The van der Waals surface area contributed by atoms with E-state index in [9.17, 15) is 24.3 Å². The van der Waals surface area contributed by atoms with Crippen LogP contribution in [0.1, 0.15) is 63.7 Å². The molecule has 0 saturated carbocycles. The van der Waals surface area contributed by atoms with Crippen LogP contribution in [0.25, 0.3) is 0 Å². The molecule has 0 aromatic heterocycles. The Balaban J connectivity index is 2.38. The van der Waals surface area contributed by atoms with Crippen molar-refractivity contribution in [1.82, 2.24) is 16.0 Å². The number of hydrogen-bond donors (Lipinski definition) is 4. The first-order chi connectivity index (χ1) is 15.6. The van der Waals surface area contributed by atoms with Crippen molar-refractivity contribution in [1.29, 1.82) is 0 Å². The number of carbonyl (C=O) groups is 4.